The minimum absolute atomic E-state index is 0.124. The maximum atomic E-state index is 12.2. The summed E-state index contributed by atoms with van der Waals surface area (Å²) in [6.07, 6.45) is 1.56. The summed E-state index contributed by atoms with van der Waals surface area (Å²) in [6.45, 7) is 10.1. The van der Waals surface area contributed by atoms with Crippen molar-refractivity contribution in [2.75, 3.05) is 6.61 Å². The van der Waals surface area contributed by atoms with Crippen molar-refractivity contribution < 1.29 is 19.1 Å². The van der Waals surface area contributed by atoms with E-state index in [1.165, 1.54) is 0 Å². The number of hydrogen-bond donors (Lipinski definition) is 0. The number of esters is 2. The first-order valence-electron chi connectivity index (χ1n) is 7.71. The average molecular weight is 306 g/mol. The van der Waals surface area contributed by atoms with E-state index in [1.807, 2.05) is 34.6 Å². The van der Waals surface area contributed by atoms with Crippen LogP contribution in [0.5, 0.6) is 0 Å². The fourth-order valence-corrected chi connectivity index (χ4v) is 1.91. The van der Waals surface area contributed by atoms with Crippen LogP contribution in [-0.4, -0.2) is 24.6 Å². The van der Waals surface area contributed by atoms with Gasteiger partial charge in [-0.2, -0.15) is 0 Å². The lowest BCUT2D eigenvalue weighted by molar-refractivity contribution is 0.0294. The Labute approximate surface area is 132 Å². The van der Waals surface area contributed by atoms with Crippen LogP contribution >= 0.6 is 0 Å². The van der Waals surface area contributed by atoms with Crippen molar-refractivity contribution in [1.82, 2.24) is 0 Å². The first kappa shape index (κ1) is 18.2. The predicted octanol–water partition coefficient (Wildman–Crippen LogP) is 4.23. The smallest absolute Gasteiger partial charge is 0.339 e. The monoisotopic (exact) mass is 306 g/mol. The zero-order valence-electron chi connectivity index (χ0n) is 14.1. The third kappa shape index (κ3) is 5.88. The predicted molar refractivity (Wildman–Crippen MR) is 86.0 cm³/mol. The molecule has 0 N–H and O–H groups in total. The highest BCUT2D eigenvalue weighted by atomic mass is 16.5. The number of rotatable bonds is 6. The van der Waals surface area contributed by atoms with Crippen molar-refractivity contribution in [3.63, 3.8) is 0 Å². The fraction of sp³-hybridized carbons (Fsp3) is 0.556. The van der Waals surface area contributed by atoms with Gasteiger partial charge < -0.3 is 9.47 Å². The molecule has 0 amide bonds. The largest absolute Gasteiger partial charge is 0.462 e. The number of hydrogen-bond acceptors (Lipinski definition) is 4. The van der Waals surface area contributed by atoms with Crippen LogP contribution in [0.25, 0.3) is 0 Å². The maximum Gasteiger partial charge on any atom is 0.339 e. The van der Waals surface area contributed by atoms with Crippen molar-refractivity contribution in [3.8, 4) is 0 Å². The first-order chi connectivity index (χ1) is 10.2. The molecule has 0 bridgehead atoms. The van der Waals surface area contributed by atoms with Gasteiger partial charge >= 0.3 is 11.9 Å². The summed E-state index contributed by atoms with van der Waals surface area (Å²) in [6, 6.07) is 6.60. The molecular formula is C18H26O4. The lowest BCUT2D eigenvalue weighted by atomic mass is 9.98. The number of carbonyl (C=O) groups excluding carboxylic acids is 2. The molecule has 0 spiro atoms. The lowest BCUT2D eigenvalue weighted by Crippen LogP contribution is -2.21. The second kappa shape index (κ2) is 7.97. The van der Waals surface area contributed by atoms with Crippen LogP contribution in [0.3, 0.4) is 0 Å². The van der Waals surface area contributed by atoms with Crippen LogP contribution in [0.4, 0.5) is 0 Å². The summed E-state index contributed by atoms with van der Waals surface area (Å²) in [7, 11) is 0. The van der Waals surface area contributed by atoms with Crippen LogP contribution in [0.15, 0.2) is 24.3 Å². The molecule has 1 aromatic carbocycles. The average Bonchev–Trinajstić information content (AvgIpc) is 2.44. The minimum atomic E-state index is -0.495. The summed E-state index contributed by atoms with van der Waals surface area (Å²) in [5, 5.41) is 0. The van der Waals surface area contributed by atoms with E-state index in [4.69, 9.17) is 9.47 Å². The molecule has 0 saturated heterocycles. The topological polar surface area (TPSA) is 52.6 Å². The second-order valence-electron chi connectivity index (χ2n) is 6.69. The van der Waals surface area contributed by atoms with Crippen LogP contribution in [0, 0.1) is 5.41 Å². The summed E-state index contributed by atoms with van der Waals surface area (Å²) in [5.74, 6) is -0.977. The van der Waals surface area contributed by atoms with Gasteiger partial charge in [-0.1, -0.05) is 46.2 Å². The van der Waals surface area contributed by atoms with Crippen LogP contribution in [0.1, 0.15) is 68.2 Å². The molecule has 1 aromatic rings. The normalized spacial score (nSPS) is 12.6. The molecule has 4 nitrogen and oxygen atoms in total. The van der Waals surface area contributed by atoms with Gasteiger partial charge in [-0.05, 0) is 30.9 Å². The first-order valence-corrected chi connectivity index (χ1v) is 7.71. The number of benzene rings is 1. The third-order valence-corrected chi connectivity index (χ3v) is 3.01. The van der Waals surface area contributed by atoms with Crippen LogP contribution in [-0.2, 0) is 9.47 Å². The zero-order valence-corrected chi connectivity index (χ0v) is 14.1. The molecule has 1 atom stereocenters. The molecular weight excluding hydrogens is 280 g/mol. The highest BCUT2D eigenvalue weighted by molar-refractivity contribution is 6.03. The maximum absolute atomic E-state index is 12.2. The third-order valence-electron chi connectivity index (χ3n) is 3.01. The highest BCUT2D eigenvalue weighted by Crippen LogP contribution is 2.17. The number of ether oxygens (including phenoxy) is 2. The molecule has 22 heavy (non-hydrogen) atoms. The molecule has 1 unspecified atom stereocenters. The van der Waals surface area contributed by atoms with Gasteiger partial charge in [-0.15, -0.1) is 0 Å². The zero-order chi connectivity index (χ0) is 16.8. The Kier molecular flexibility index (Phi) is 6.60. The van der Waals surface area contributed by atoms with Gasteiger partial charge in [0.15, 0.2) is 0 Å². The van der Waals surface area contributed by atoms with Gasteiger partial charge in [-0.25, -0.2) is 9.59 Å². The molecule has 0 saturated carbocycles. The molecule has 0 fully saturated rings. The van der Waals surface area contributed by atoms with E-state index < -0.39 is 11.9 Å². The SMILES string of the molecule is CCCC(C)OC(=O)c1ccccc1C(=O)OCC(C)(C)C. The van der Waals surface area contributed by atoms with Crippen molar-refractivity contribution in [2.24, 2.45) is 5.41 Å². The number of carbonyl (C=O) groups is 2. The van der Waals surface area contributed by atoms with Gasteiger partial charge in [0.05, 0.1) is 23.8 Å². The quantitative estimate of drug-likeness (QED) is 0.738. The lowest BCUT2D eigenvalue weighted by Gasteiger charge is -2.18. The van der Waals surface area contributed by atoms with Gasteiger partial charge in [0, 0.05) is 0 Å². The van der Waals surface area contributed by atoms with Gasteiger partial charge in [0.1, 0.15) is 0 Å². The summed E-state index contributed by atoms with van der Waals surface area (Å²) >= 11 is 0. The standard InChI is InChI=1S/C18H26O4/c1-6-9-13(2)22-17(20)15-11-8-7-10-14(15)16(19)21-12-18(3,4)5/h7-8,10-11,13H,6,9,12H2,1-5H3. The van der Waals surface area contributed by atoms with E-state index >= 15 is 0 Å². The Bertz CT molecular complexity index is 514. The van der Waals surface area contributed by atoms with Crippen LogP contribution < -0.4 is 0 Å². The molecule has 0 radical (unpaired) electrons. The van der Waals surface area contributed by atoms with E-state index in [1.54, 1.807) is 24.3 Å². The van der Waals surface area contributed by atoms with Gasteiger partial charge in [0.25, 0.3) is 0 Å². The van der Waals surface area contributed by atoms with E-state index in [0.29, 0.717) is 6.61 Å². The molecule has 122 valence electrons. The Morgan fingerprint density at radius 2 is 1.64 bits per heavy atom. The molecule has 0 aromatic heterocycles. The molecule has 4 heteroatoms. The molecule has 0 aliphatic rings. The summed E-state index contributed by atoms with van der Waals surface area (Å²) in [4.78, 5) is 24.4. The van der Waals surface area contributed by atoms with E-state index in [9.17, 15) is 9.59 Å². The van der Waals surface area contributed by atoms with Crippen LogP contribution in [0.2, 0.25) is 0 Å². The molecule has 0 heterocycles. The fourth-order valence-electron chi connectivity index (χ4n) is 1.91. The second-order valence-corrected chi connectivity index (χ2v) is 6.69. The van der Waals surface area contributed by atoms with Gasteiger partial charge in [0.2, 0.25) is 0 Å². The molecule has 0 aliphatic carbocycles. The van der Waals surface area contributed by atoms with Crippen molar-refractivity contribution >= 4 is 11.9 Å². The van der Waals surface area contributed by atoms with Crippen molar-refractivity contribution in [1.29, 1.82) is 0 Å². The van der Waals surface area contributed by atoms with E-state index in [-0.39, 0.29) is 22.6 Å². The highest BCUT2D eigenvalue weighted by Gasteiger charge is 2.22. The Morgan fingerprint density at radius 3 is 2.14 bits per heavy atom. The van der Waals surface area contributed by atoms with Gasteiger partial charge in [-0.3, -0.25) is 0 Å². The molecule has 0 aliphatic heterocycles. The Morgan fingerprint density at radius 1 is 1.09 bits per heavy atom. The van der Waals surface area contributed by atoms with Crippen molar-refractivity contribution in [3.05, 3.63) is 35.4 Å². The summed E-state index contributed by atoms with van der Waals surface area (Å²) < 4.78 is 10.7. The summed E-state index contributed by atoms with van der Waals surface area (Å²) in [5.41, 5.74) is 0.380. The van der Waals surface area contributed by atoms with E-state index in [0.717, 1.165) is 12.8 Å². The Balaban J connectivity index is 2.85. The minimum Gasteiger partial charge on any atom is -0.462 e. The Hall–Kier alpha value is -1.84. The molecule has 1 rings (SSSR count). The van der Waals surface area contributed by atoms with Crippen molar-refractivity contribution in [2.45, 2.75) is 53.6 Å². The van der Waals surface area contributed by atoms with E-state index in [2.05, 4.69) is 0 Å².